The minimum absolute atomic E-state index is 0.173. The summed E-state index contributed by atoms with van der Waals surface area (Å²) in [6, 6.07) is 0.440. The maximum atomic E-state index is 11.8. The molecule has 0 spiro atoms. The fourth-order valence-electron chi connectivity index (χ4n) is 2.01. The minimum Gasteiger partial charge on any atom is -0.449 e. The highest BCUT2D eigenvalue weighted by Gasteiger charge is 2.20. The zero-order chi connectivity index (χ0) is 12.7. The molecule has 4 nitrogen and oxygen atoms in total. The van der Waals surface area contributed by atoms with Crippen molar-refractivity contribution >= 4 is 6.09 Å². The van der Waals surface area contributed by atoms with Crippen molar-refractivity contribution in [2.75, 3.05) is 26.2 Å². The number of ether oxygens (including phenoxy) is 1. The minimum atomic E-state index is -0.173. The molecular formula is C13H26N2O2. The molecule has 0 saturated carbocycles. The molecule has 0 aliphatic carbocycles. The van der Waals surface area contributed by atoms with Crippen LogP contribution in [0.25, 0.3) is 0 Å². The fraction of sp³-hybridized carbons (Fsp3) is 0.923. The van der Waals surface area contributed by atoms with Crippen LogP contribution >= 0.6 is 0 Å². The zero-order valence-corrected chi connectivity index (χ0v) is 11.4. The molecule has 17 heavy (non-hydrogen) atoms. The first-order valence-electron chi connectivity index (χ1n) is 6.78. The summed E-state index contributed by atoms with van der Waals surface area (Å²) in [5.41, 5.74) is 0. The van der Waals surface area contributed by atoms with Gasteiger partial charge in [0.15, 0.2) is 0 Å². The molecule has 1 heterocycles. The second-order valence-corrected chi connectivity index (χ2v) is 5.16. The van der Waals surface area contributed by atoms with E-state index in [4.69, 9.17) is 4.74 Å². The summed E-state index contributed by atoms with van der Waals surface area (Å²) < 4.78 is 5.26. The van der Waals surface area contributed by atoms with E-state index in [0.717, 1.165) is 26.1 Å². The maximum absolute atomic E-state index is 11.8. The maximum Gasteiger partial charge on any atom is 0.409 e. The molecule has 1 unspecified atom stereocenters. The van der Waals surface area contributed by atoms with Gasteiger partial charge in [0, 0.05) is 19.1 Å². The van der Waals surface area contributed by atoms with E-state index in [2.05, 4.69) is 5.32 Å². The Morgan fingerprint density at radius 1 is 1.47 bits per heavy atom. The Kier molecular flexibility index (Phi) is 6.34. The van der Waals surface area contributed by atoms with E-state index in [1.807, 2.05) is 20.8 Å². The molecule has 1 aliphatic rings. The van der Waals surface area contributed by atoms with Crippen LogP contribution in [0.5, 0.6) is 0 Å². The van der Waals surface area contributed by atoms with Crippen molar-refractivity contribution in [2.45, 2.75) is 46.1 Å². The predicted octanol–water partition coefficient (Wildman–Crippen LogP) is 2.24. The van der Waals surface area contributed by atoms with Gasteiger partial charge in [0.05, 0.1) is 6.61 Å². The van der Waals surface area contributed by atoms with Gasteiger partial charge in [-0.15, -0.1) is 0 Å². The highest BCUT2D eigenvalue weighted by atomic mass is 16.6. The zero-order valence-electron chi connectivity index (χ0n) is 11.4. The first-order chi connectivity index (χ1) is 8.13. The number of hydrogen-bond acceptors (Lipinski definition) is 3. The number of amides is 1. The van der Waals surface area contributed by atoms with Crippen molar-refractivity contribution < 1.29 is 9.53 Å². The second-order valence-electron chi connectivity index (χ2n) is 5.16. The molecule has 0 aromatic carbocycles. The predicted molar refractivity (Wildman–Crippen MR) is 69.1 cm³/mol. The molecule has 0 aromatic heterocycles. The summed E-state index contributed by atoms with van der Waals surface area (Å²) in [4.78, 5) is 13.6. The fourth-order valence-corrected chi connectivity index (χ4v) is 2.01. The Morgan fingerprint density at radius 3 is 2.76 bits per heavy atom. The standard InChI is InChI=1S/C13H26N2O2/c1-4-15(13(16)17-10-11(2)3)9-12-7-5-6-8-14-12/h11-12,14H,4-10H2,1-3H3. The van der Waals surface area contributed by atoms with Crippen LogP contribution in [-0.4, -0.2) is 43.3 Å². The smallest absolute Gasteiger partial charge is 0.409 e. The SMILES string of the molecule is CCN(CC1CCCCN1)C(=O)OCC(C)C. The molecular weight excluding hydrogens is 216 g/mol. The lowest BCUT2D eigenvalue weighted by Gasteiger charge is -2.29. The summed E-state index contributed by atoms with van der Waals surface area (Å²) >= 11 is 0. The lowest BCUT2D eigenvalue weighted by atomic mass is 10.0. The molecule has 100 valence electrons. The van der Waals surface area contributed by atoms with Crippen LogP contribution in [-0.2, 0) is 4.74 Å². The molecule has 1 N–H and O–H groups in total. The molecule has 0 bridgehead atoms. The molecule has 1 aliphatic heterocycles. The lowest BCUT2D eigenvalue weighted by molar-refractivity contribution is 0.0890. The highest BCUT2D eigenvalue weighted by molar-refractivity contribution is 5.67. The van der Waals surface area contributed by atoms with Crippen molar-refractivity contribution in [3.63, 3.8) is 0 Å². The van der Waals surface area contributed by atoms with Crippen LogP contribution in [0.4, 0.5) is 4.79 Å². The van der Waals surface area contributed by atoms with Gasteiger partial charge in [-0.1, -0.05) is 20.3 Å². The van der Waals surface area contributed by atoms with E-state index in [-0.39, 0.29) is 6.09 Å². The highest BCUT2D eigenvalue weighted by Crippen LogP contribution is 2.09. The van der Waals surface area contributed by atoms with Crippen molar-refractivity contribution in [3.8, 4) is 0 Å². The largest absolute Gasteiger partial charge is 0.449 e. The van der Waals surface area contributed by atoms with Gasteiger partial charge in [0.1, 0.15) is 0 Å². The Balaban J connectivity index is 2.32. The topological polar surface area (TPSA) is 41.6 Å². The van der Waals surface area contributed by atoms with Crippen molar-refractivity contribution in [3.05, 3.63) is 0 Å². The van der Waals surface area contributed by atoms with Gasteiger partial charge < -0.3 is 15.0 Å². The monoisotopic (exact) mass is 242 g/mol. The number of nitrogens with one attached hydrogen (secondary N) is 1. The average Bonchev–Trinajstić information content (AvgIpc) is 2.34. The Bertz CT molecular complexity index is 225. The summed E-state index contributed by atoms with van der Waals surface area (Å²) in [7, 11) is 0. The van der Waals surface area contributed by atoms with Crippen LogP contribution in [0.1, 0.15) is 40.0 Å². The van der Waals surface area contributed by atoms with Crippen molar-refractivity contribution in [1.82, 2.24) is 10.2 Å². The third kappa shape index (κ3) is 5.39. The van der Waals surface area contributed by atoms with Gasteiger partial charge in [0.2, 0.25) is 0 Å². The van der Waals surface area contributed by atoms with E-state index in [1.54, 1.807) is 4.90 Å². The lowest BCUT2D eigenvalue weighted by Crippen LogP contribution is -2.46. The van der Waals surface area contributed by atoms with Crippen LogP contribution in [0.15, 0.2) is 0 Å². The quantitative estimate of drug-likeness (QED) is 0.804. The Morgan fingerprint density at radius 2 is 2.24 bits per heavy atom. The summed E-state index contributed by atoms with van der Waals surface area (Å²) in [5.74, 6) is 0.394. The molecule has 1 rings (SSSR count). The number of nitrogens with zero attached hydrogens (tertiary/aromatic N) is 1. The van der Waals surface area contributed by atoms with Crippen LogP contribution in [0.2, 0.25) is 0 Å². The summed E-state index contributed by atoms with van der Waals surface area (Å²) in [6.07, 6.45) is 3.50. The van der Waals surface area contributed by atoms with E-state index in [9.17, 15) is 4.79 Å². The molecule has 0 aromatic rings. The van der Waals surface area contributed by atoms with Crippen molar-refractivity contribution in [1.29, 1.82) is 0 Å². The molecule has 4 heteroatoms. The first kappa shape index (κ1) is 14.3. The van der Waals surface area contributed by atoms with Crippen molar-refractivity contribution in [2.24, 2.45) is 5.92 Å². The molecule has 1 fully saturated rings. The van der Waals surface area contributed by atoms with Gasteiger partial charge in [-0.3, -0.25) is 0 Å². The van der Waals surface area contributed by atoms with Crippen LogP contribution in [0.3, 0.4) is 0 Å². The number of hydrogen-bond donors (Lipinski definition) is 1. The number of carbonyl (C=O) groups is 1. The number of rotatable bonds is 5. The van der Waals surface area contributed by atoms with Gasteiger partial charge in [0.25, 0.3) is 0 Å². The van der Waals surface area contributed by atoms with Gasteiger partial charge in [-0.2, -0.15) is 0 Å². The summed E-state index contributed by atoms with van der Waals surface area (Å²) in [5, 5.41) is 3.45. The van der Waals surface area contributed by atoms with E-state index in [0.29, 0.717) is 18.6 Å². The van der Waals surface area contributed by atoms with Crippen LogP contribution in [0, 0.1) is 5.92 Å². The van der Waals surface area contributed by atoms with Crippen LogP contribution < -0.4 is 5.32 Å². The molecule has 1 atom stereocenters. The van der Waals surface area contributed by atoms with E-state index < -0.39 is 0 Å². The third-order valence-electron chi connectivity index (χ3n) is 3.03. The number of likely N-dealkylation sites (N-methyl/N-ethyl adjacent to an activating group) is 1. The number of carbonyl (C=O) groups excluding carboxylic acids is 1. The Labute approximate surface area is 105 Å². The summed E-state index contributed by atoms with van der Waals surface area (Å²) in [6.45, 7) is 9.16. The van der Waals surface area contributed by atoms with Gasteiger partial charge in [-0.05, 0) is 32.2 Å². The van der Waals surface area contributed by atoms with E-state index in [1.165, 1.54) is 12.8 Å². The first-order valence-corrected chi connectivity index (χ1v) is 6.78. The van der Waals surface area contributed by atoms with Gasteiger partial charge in [-0.25, -0.2) is 4.79 Å². The third-order valence-corrected chi connectivity index (χ3v) is 3.03. The van der Waals surface area contributed by atoms with Gasteiger partial charge >= 0.3 is 6.09 Å². The Hall–Kier alpha value is -0.770. The van der Waals surface area contributed by atoms with E-state index >= 15 is 0 Å². The molecule has 0 radical (unpaired) electrons. The number of piperidine rings is 1. The second kappa shape index (κ2) is 7.54. The molecule has 1 saturated heterocycles. The normalized spacial score (nSPS) is 20.4. The molecule has 1 amide bonds. The average molecular weight is 242 g/mol.